The third kappa shape index (κ3) is 5.36. The molecule has 158 valence electrons. The van der Waals surface area contributed by atoms with E-state index in [1.54, 1.807) is 12.5 Å². The third-order valence-corrected chi connectivity index (χ3v) is 5.68. The van der Waals surface area contributed by atoms with Crippen LogP contribution in [-0.2, 0) is 17.9 Å². The summed E-state index contributed by atoms with van der Waals surface area (Å²) >= 11 is 0. The molecule has 0 saturated carbocycles. The molecule has 1 aliphatic heterocycles. The zero-order chi connectivity index (χ0) is 20.7. The molecule has 1 aliphatic rings. The largest absolute Gasteiger partial charge is 0.494 e. The van der Waals surface area contributed by atoms with E-state index >= 15 is 0 Å². The molecule has 1 fully saturated rings. The summed E-state index contributed by atoms with van der Waals surface area (Å²) in [6, 6.07) is 7.96. The van der Waals surface area contributed by atoms with E-state index in [1.165, 1.54) is 0 Å². The first-order valence-corrected chi connectivity index (χ1v) is 10.3. The molecule has 1 saturated heterocycles. The van der Waals surface area contributed by atoms with Crippen LogP contribution >= 0.6 is 0 Å². The number of imidazole rings is 1. The number of hydrogen-bond acceptors (Lipinski definition) is 5. The molecule has 0 radical (unpaired) electrons. The van der Waals surface area contributed by atoms with E-state index in [4.69, 9.17) is 4.74 Å². The number of likely N-dealkylation sites (tertiary alicyclic amines) is 1. The maximum atomic E-state index is 11.9. The van der Waals surface area contributed by atoms with Gasteiger partial charge in [-0.2, -0.15) is 0 Å². The fourth-order valence-electron chi connectivity index (χ4n) is 4.16. The van der Waals surface area contributed by atoms with Crippen LogP contribution < -0.4 is 4.74 Å². The first-order chi connectivity index (χ1) is 14.0. The lowest BCUT2D eigenvalue weighted by atomic mass is 9.74. The first-order valence-electron chi connectivity index (χ1n) is 10.3. The monoisotopic (exact) mass is 401 g/mol. The summed E-state index contributed by atoms with van der Waals surface area (Å²) in [7, 11) is 0. The minimum atomic E-state index is -1.07. The van der Waals surface area contributed by atoms with E-state index in [-0.39, 0.29) is 0 Å². The number of carboxylic acid groups (broad SMARTS) is 1. The molecule has 7 nitrogen and oxygen atoms in total. The number of aliphatic hydroxyl groups is 1. The second kappa shape index (κ2) is 9.89. The summed E-state index contributed by atoms with van der Waals surface area (Å²) in [6.45, 7) is 5.16. The molecule has 0 spiro atoms. The second-order valence-electron chi connectivity index (χ2n) is 7.88. The van der Waals surface area contributed by atoms with Crippen LogP contribution in [0, 0.1) is 5.41 Å². The quantitative estimate of drug-likeness (QED) is 0.595. The normalized spacial score (nSPS) is 22.5. The highest BCUT2D eigenvalue weighted by Gasteiger charge is 2.48. The number of aliphatic carboxylic acids is 1. The number of hydrogen-bond donors (Lipinski definition) is 2. The maximum Gasteiger partial charge on any atom is 0.313 e. The number of aliphatic hydroxyl groups excluding tert-OH is 1. The van der Waals surface area contributed by atoms with Gasteiger partial charge in [0, 0.05) is 38.6 Å². The molecule has 2 aromatic rings. The van der Waals surface area contributed by atoms with Gasteiger partial charge in [0.25, 0.3) is 0 Å². The van der Waals surface area contributed by atoms with Gasteiger partial charge in [-0.15, -0.1) is 0 Å². The van der Waals surface area contributed by atoms with Crippen molar-refractivity contribution in [1.29, 1.82) is 0 Å². The highest BCUT2D eigenvalue weighted by Crippen LogP contribution is 2.36. The Bertz CT molecular complexity index is 780. The highest BCUT2D eigenvalue weighted by molar-refractivity contribution is 5.76. The van der Waals surface area contributed by atoms with Crippen LogP contribution in [0.5, 0.6) is 5.75 Å². The van der Waals surface area contributed by atoms with E-state index in [2.05, 4.69) is 9.88 Å². The summed E-state index contributed by atoms with van der Waals surface area (Å²) in [5, 5.41) is 20.2. The Hall–Kier alpha value is -2.38. The average molecular weight is 402 g/mol. The van der Waals surface area contributed by atoms with Crippen LogP contribution in [0.15, 0.2) is 43.0 Å². The smallest absolute Gasteiger partial charge is 0.313 e. The lowest BCUT2D eigenvalue weighted by Crippen LogP contribution is -2.55. The Morgan fingerprint density at radius 3 is 3.00 bits per heavy atom. The highest BCUT2D eigenvalue weighted by atomic mass is 16.5. The number of piperidine rings is 1. The molecule has 0 aliphatic carbocycles. The van der Waals surface area contributed by atoms with Gasteiger partial charge in [-0.25, -0.2) is 4.98 Å². The van der Waals surface area contributed by atoms with Crippen LogP contribution in [0.3, 0.4) is 0 Å². The van der Waals surface area contributed by atoms with Crippen molar-refractivity contribution in [3.8, 4) is 5.75 Å². The molecule has 1 aromatic heterocycles. The van der Waals surface area contributed by atoms with Crippen molar-refractivity contribution in [2.45, 2.75) is 51.8 Å². The van der Waals surface area contributed by atoms with Gasteiger partial charge in [0.15, 0.2) is 0 Å². The molecule has 0 bridgehead atoms. The van der Waals surface area contributed by atoms with Gasteiger partial charge < -0.3 is 19.5 Å². The lowest BCUT2D eigenvalue weighted by molar-refractivity contribution is -0.164. The van der Waals surface area contributed by atoms with Crippen molar-refractivity contribution in [2.75, 3.05) is 19.7 Å². The van der Waals surface area contributed by atoms with Crippen molar-refractivity contribution in [2.24, 2.45) is 5.41 Å². The average Bonchev–Trinajstić information content (AvgIpc) is 3.22. The number of benzene rings is 1. The summed E-state index contributed by atoms with van der Waals surface area (Å²) in [5.74, 6) is -0.0743. The molecule has 2 N–H and O–H groups in total. The minimum Gasteiger partial charge on any atom is -0.494 e. The predicted molar refractivity (Wildman–Crippen MR) is 110 cm³/mol. The number of ether oxygens (including phenoxy) is 1. The Morgan fingerprint density at radius 1 is 1.41 bits per heavy atom. The van der Waals surface area contributed by atoms with Gasteiger partial charge in [0.05, 0.1) is 19.0 Å². The Labute approximate surface area is 171 Å². The van der Waals surface area contributed by atoms with Crippen LogP contribution in [-0.4, -0.2) is 56.4 Å². The number of nitrogens with zero attached hydrogens (tertiary/aromatic N) is 3. The van der Waals surface area contributed by atoms with E-state index < -0.39 is 17.5 Å². The molecule has 3 rings (SSSR count). The molecule has 2 atom stereocenters. The molecule has 0 unspecified atom stereocenters. The number of carboxylic acids is 1. The summed E-state index contributed by atoms with van der Waals surface area (Å²) < 4.78 is 7.91. The van der Waals surface area contributed by atoms with Crippen molar-refractivity contribution >= 4 is 5.97 Å². The second-order valence-corrected chi connectivity index (χ2v) is 7.88. The molecule has 7 heteroatoms. The SMILES string of the molecule is CCC[C@@]1(C(=O)O)CN(Cc2cccc(OCCCn3ccnc3)c2)CC[C@@H]1O. The Morgan fingerprint density at radius 2 is 2.28 bits per heavy atom. The summed E-state index contributed by atoms with van der Waals surface area (Å²) in [6.07, 6.45) is 7.31. The topological polar surface area (TPSA) is 87.8 Å². The van der Waals surface area contributed by atoms with Gasteiger partial charge in [0.2, 0.25) is 0 Å². The zero-order valence-electron chi connectivity index (χ0n) is 17.0. The fourth-order valence-corrected chi connectivity index (χ4v) is 4.16. The van der Waals surface area contributed by atoms with Crippen LogP contribution in [0.2, 0.25) is 0 Å². The zero-order valence-corrected chi connectivity index (χ0v) is 17.0. The van der Waals surface area contributed by atoms with E-state index in [9.17, 15) is 15.0 Å². The molecule has 1 aromatic carbocycles. The summed E-state index contributed by atoms with van der Waals surface area (Å²) in [4.78, 5) is 18.1. The maximum absolute atomic E-state index is 11.9. The number of aryl methyl sites for hydroxylation is 1. The first kappa shape index (κ1) is 21.3. The number of rotatable bonds is 10. The van der Waals surface area contributed by atoms with Crippen molar-refractivity contribution in [3.63, 3.8) is 0 Å². The predicted octanol–water partition coefficient (Wildman–Crippen LogP) is 2.79. The number of aromatic nitrogens is 2. The van der Waals surface area contributed by atoms with E-state index in [0.29, 0.717) is 39.1 Å². The van der Waals surface area contributed by atoms with Crippen LogP contribution in [0.4, 0.5) is 0 Å². The molecule has 2 heterocycles. The standard InChI is InChI=1S/C22H31N3O4/c1-2-8-22(21(27)28)16-25(11-7-20(22)26)15-18-5-3-6-19(14-18)29-13-4-10-24-12-9-23-17-24/h3,5-6,9,12,14,17,20,26H,2,4,7-8,10-11,13,15-16H2,1H3,(H,27,28)/t20-,22+/m0/s1. The number of carbonyl (C=O) groups is 1. The van der Waals surface area contributed by atoms with Crippen LogP contribution in [0.25, 0.3) is 0 Å². The molecular formula is C22H31N3O4. The van der Waals surface area contributed by atoms with Gasteiger partial charge in [0.1, 0.15) is 11.2 Å². The third-order valence-electron chi connectivity index (χ3n) is 5.68. The summed E-state index contributed by atoms with van der Waals surface area (Å²) in [5.41, 5.74) is 0.0123. The van der Waals surface area contributed by atoms with Crippen LogP contribution in [0.1, 0.15) is 38.2 Å². The molecular weight excluding hydrogens is 370 g/mol. The molecule has 0 amide bonds. The Kier molecular flexibility index (Phi) is 7.28. The van der Waals surface area contributed by atoms with E-state index in [0.717, 1.165) is 30.7 Å². The van der Waals surface area contributed by atoms with E-state index in [1.807, 2.05) is 42.0 Å². The fraction of sp³-hybridized carbons (Fsp3) is 0.545. The van der Waals surface area contributed by atoms with Gasteiger partial charge in [-0.05, 0) is 37.0 Å². The minimum absolute atomic E-state index is 0.368. The van der Waals surface area contributed by atoms with Gasteiger partial charge in [-0.3, -0.25) is 9.69 Å². The van der Waals surface area contributed by atoms with Crippen molar-refractivity contribution < 1.29 is 19.7 Å². The van der Waals surface area contributed by atoms with Crippen molar-refractivity contribution in [3.05, 3.63) is 48.5 Å². The Balaban J connectivity index is 1.55. The van der Waals surface area contributed by atoms with Gasteiger partial charge in [-0.1, -0.05) is 25.5 Å². The van der Waals surface area contributed by atoms with Gasteiger partial charge >= 0.3 is 5.97 Å². The lowest BCUT2D eigenvalue weighted by Gasteiger charge is -2.43. The van der Waals surface area contributed by atoms with Crippen molar-refractivity contribution in [1.82, 2.24) is 14.5 Å². The molecule has 29 heavy (non-hydrogen) atoms.